The van der Waals surface area contributed by atoms with Gasteiger partial charge in [0.15, 0.2) is 0 Å². The maximum Gasteiger partial charge on any atom is 0.312 e. The highest BCUT2D eigenvalue weighted by Gasteiger charge is 2.25. The molecule has 6 N–H and O–H groups in total. The molecule has 2 aromatic rings. The number of primary amides is 1. The third-order valence-electron chi connectivity index (χ3n) is 4.81. The SMILES string of the molecule is CCC(C)C(NC(N)=O)C(=O)NNC(=O)c1cccc(S(=O)(=O)NCc2ccccc2)c1. The van der Waals surface area contributed by atoms with Crippen molar-refractivity contribution in [1.29, 1.82) is 0 Å². The van der Waals surface area contributed by atoms with Gasteiger partial charge < -0.3 is 11.1 Å². The summed E-state index contributed by atoms with van der Waals surface area (Å²) in [6.07, 6.45) is 0.586. The van der Waals surface area contributed by atoms with Crippen molar-refractivity contribution in [3.8, 4) is 0 Å². The summed E-state index contributed by atoms with van der Waals surface area (Å²) in [5.74, 6) is -1.61. The summed E-state index contributed by atoms with van der Waals surface area (Å²) in [6.45, 7) is 3.68. The Morgan fingerprint density at radius 3 is 2.31 bits per heavy atom. The molecule has 11 heteroatoms. The van der Waals surface area contributed by atoms with Crippen LogP contribution in [0.2, 0.25) is 0 Å². The van der Waals surface area contributed by atoms with Crippen LogP contribution in [0, 0.1) is 5.92 Å². The normalized spacial score (nSPS) is 12.9. The van der Waals surface area contributed by atoms with Gasteiger partial charge in [-0.25, -0.2) is 17.9 Å². The number of nitrogens with one attached hydrogen (secondary N) is 4. The van der Waals surface area contributed by atoms with Gasteiger partial charge in [0.25, 0.3) is 11.8 Å². The van der Waals surface area contributed by atoms with E-state index in [4.69, 9.17) is 5.73 Å². The van der Waals surface area contributed by atoms with Crippen molar-refractivity contribution in [2.24, 2.45) is 11.7 Å². The molecular formula is C21H27N5O5S. The number of hydrogen-bond donors (Lipinski definition) is 5. The highest BCUT2D eigenvalue weighted by molar-refractivity contribution is 7.89. The van der Waals surface area contributed by atoms with E-state index in [2.05, 4.69) is 20.9 Å². The van der Waals surface area contributed by atoms with E-state index in [-0.39, 0.29) is 22.9 Å². The van der Waals surface area contributed by atoms with Crippen LogP contribution in [-0.2, 0) is 21.4 Å². The number of carbonyl (C=O) groups is 3. The molecule has 2 atom stereocenters. The predicted molar refractivity (Wildman–Crippen MR) is 118 cm³/mol. The second-order valence-corrected chi connectivity index (χ2v) is 8.92. The van der Waals surface area contributed by atoms with Gasteiger partial charge in [0.2, 0.25) is 10.0 Å². The molecule has 4 amide bonds. The number of hydrazine groups is 1. The highest BCUT2D eigenvalue weighted by atomic mass is 32.2. The zero-order valence-corrected chi connectivity index (χ0v) is 18.6. The smallest absolute Gasteiger partial charge is 0.312 e. The van der Waals surface area contributed by atoms with Crippen molar-refractivity contribution >= 4 is 27.9 Å². The number of carbonyl (C=O) groups excluding carboxylic acids is 3. The van der Waals surface area contributed by atoms with Crippen LogP contribution >= 0.6 is 0 Å². The summed E-state index contributed by atoms with van der Waals surface area (Å²) in [7, 11) is -3.87. The molecule has 2 unspecified atom stereocenters. The topological polar surface area (TPSA) is 159 Å². The summed E-state index contributed by atoms with van der Waals surface area (Å²) in [6, 6.07) is 12.6. The zero-order valence-electron chi connectivity index (χ0n) is 17.8. The summed E-state index contributed by atoms with van der Waals surface area (Å²) < 4.78 is 27.6. The molecule has 2 aromatic carbocycles. The Bertz CT molecular complexity index is 1060. The molecule has 0 radical (unpaired) electrons. The van der Waals surface area contributed by atoms with Crippen molar-refractivity contribution < 1.29 is 22.8 Å². The van der Waals surface area contributed by atoms with E-state index in [0.29, 0.717) is 6.42 Å². The second kappa shape index (κ2) is 11.3. The number of benzene rings is 2. The van der Waals surface area contributed by atoms with Gasteiger partial charge in [0.1, 0.15) is 6.04 Å². The Balaban J connectivity index is 2.04. The fraction of sp³-hybridized carbons (Fsp3) is 0.286. The molecule has 0 fully saturated rings. The zero-order chi connectivity index (χ0) is 23.7. The molecule has 0 aliphatic heterocycles. The molecule has 172 valence electrons. The average molecular weight is 462 g/mol. The van der Waals surface area contributed by atoms with E-state index in [9.17, 15) is 22.8 Å². The third-order valence-corrected chi connectivity index (χ3v) is 6.21. The summed E-state index contributed by atoms with van der Waals surface area (Å²) in [4.78, 5) is 35.9. The average Bonchev–Trinajstić information content (AvgIpc) is 2.79. The van der Waals surface area contributed by atoms with Gasteiger partial charge in [-0.2, -0.15) is 0 Å². The largest absolute Gasteiger partial charge is 0.352 e. The highest BCUT2D eigenvalue weighted by Crippen LogP contribution is 2.13. The van der Waals surface area contributed by atoms with E-state index in [1.54, 1.807) is 31.2 Å². The van der Waals surface area contributed by atoms with Crippen molar-refractivity contribution in [2.45, 2.75) is 37.8 Å². The van der Waals surface area contributed by atoms with Crippen LogP contribution in [0.25, 0.3) is 0 Å². The number of sulfonamides is 1. The van der Waals surface area contributed by atoms with Crippen LogP contribution in [-0.4, -0.2) is 32.3 Å². The fourth-order valence-corrected chi connectivity index (χ4v) is 3.85. The van der Waals surface area contributed by atoms with E-state index in [0.717, 1.165) is 5.56 Å². The van der Waals surface area contributed by atoms with Gasteiger partial charge in [0, 0.05) is 12.1 Å². The van der Waals surface area contributed by atoms with Gasteiger partial charge in [-0.1, -0.05) is 56.7 Å². The van der Waals surface area contributed by atoms with Crippen LogP contribution in [0.5, 0.6) is 0 Å². The maximum absolute atomic E-state index is 12.6. The molecule has 32 heavy (non-hydrogen) atoms. The molecular weight excluding hydrogens is 434 g/mol. The summed E-state index contributed by atoms with van der Waals surface area (Å²) in [5, 5.41) is 2.34. The van der Waals surface area contributed by atoms with E-state index >= 15 is 0 Å². The van der Waals surface area contributed by atoms with Crippen LogP contribution < -0.4 is 26.6 Å². The lowest BCUT2D eigenvalue weighted by Gasteiger charge is -2.22. The minimum atomic E-state index is -3.87. The first-order chi connectivity index (χ1) is 15.1. The van der Waals surface area contributed by atoms with E-state index < -0.39 is 33.9 Å². The summed E-state index contributed by atoms with van der Waals surface area (Å²) >= 11 is 0. The van der Waals surface area contributed by atoms with Crippen molar-refractivity contribution in [3.63, 3.8) is 0 Å². The first-order valence-corrected chi connectivity index (χ1v) is 11.4. The van der Waals surface area contributed by atoms with Gasteiger partial charge >= 0.3 is 6.03 Å². The molecule has 0 saturated heterocycles. The van der Waals surface area contributed by atoms with Gasteiger partial charge in [-0.15, -0.1) is 0 Å². The minimum absolute atomic E-state index is 0.0239. The Morgan fingerprint density at radius 1 is 1.00 bits per heavy atom. The Hall–Kier alpha value is -3.44. The van der Waals surface area contributed by atoms with Crippen LogP contribution in [0.15, 0.2) is 59.5 Å². The van der Waals surface area contributed by atoms with Crippen LogP contribution in [0.1, 0.15) is 36.2 Å². The Morgan fingerprint density at radius 2 is 1.69 bits per heavy atom. The molecule has 0 bridgehead atoms. The molecule has 10 nitrogen and oxygen atoms in total. The van der Waals surface area contributed by atoms with E-state index in [1.165, 1.54) is 24.3 Å². The van der Waals surface area contributed by atoms with Crippen molar-refractivity contribution in [2.75, 3.05) is 0 Å². The quantitative estimate of drug-likeness (QED) is 0.352. The number of nitrogens with two attached hydrogens (primary N) is 1. The van der Waals surface area contributed by atoms with Gasteiger partial charge in [-0.3, -0.25) is 20.4 Å². The first-order valence-electron chi connectivity index (χ1n) is 9.94. The molecule has 0 heterocycles. The Labute approximate surface area is 187 Å². The second-order valence-electron chi connectivity index (χ2n) is 7.15. The molecule has 0 saturated carbocycles. The number of urea groups is 1. The Kier molecular flexibility index (Phi) is 8.73. The van der Waals surface area contributed by atoms with Crippen LogP contribution in [0.3, 0.4) is 0 Å². The molecule has 0 aliphatic carbocycles. The lowest BCUT2D eigenvalue weighted by molar-refractivity contribution is -0.124. The molecule has 2 rings (SSSR count). The lowest BCUT2D eigenvalue weighted by Crippen LogP contribution is -2.55. The van der Waals surface area contributed by atoms with Gasteiger partial charge in [-0.05, 0) is 29.7 Å². The molecule has 0 aromatic heterocycles. The monoisotopic (exact) mass is 461 g/mol. The standard InChI is InChI=1S/C21H27N5O5S/c1-3-14(2)18(24-21(22)29)20(28)26-25-19(27)16-10-7-11-17(12-16)32(30,31)23-13-15-8-5-4-6-9-15/h4-12,14,18,23H,3,13H2,1-2H3,(H,25,27)(H,26,28)(H3,22,24,29). The number of amides is 4. The number of hydrogen-bond acceptors (Lipinski definition) is 5. The maximum atomic E-state index is 12.6. The van der Waals surface area contributed by atoms with Crippen molar-refractivity contribution in [3.05, 3.63) is 65.7 Å². The molecule has 0 spiro atoms. The van der Waals surface area contributed by atoms with Gasteiger partial charge in [0.05, 0.1) is 4.90 Å². The van der Waals surface area contributed by atoms with E-state index in [1.807, 2.05) is 13.0 Å². The number of rotatable bonds is 9. The van der Waals surface area contributed by atoms with Crippen molar-refractivity contribution in [1.82, 2.24) is 20.9 Å². The minimum Gasteiger partial charge on any atom is -0.352 e. The lowest BCUT2D eigenvalue weighted by atomic mass is 9.99. The molecule has 0 aliphatic rings. The third kappa shape index (κ3) is 7.06. The summed E-state index contributed by atoms with van der Waals surface area (Å²) in [5.41, 5.74) is 10.4. The van der Waals surface area contributed by atoms with Crippen LogP contribution in [0.4, 0.5) is 4.79 Å². The fourth-order valence-electron chi connectivity index (χ4n) is 2.79. The predicted octanol–water partition coefficient (Wildman–Crippen LogP) is 1.01. The first kappa shape index (κ1) is 24.8.